The van der Waals surface area contributed by atoms with Crippen LogP contribution in [0.1, 0.15) is 4.88 Å². The minimum atomic E-state index is -0.0223. The Bertz CT molecular complexity index is 380. The molecule has 16 heavy (non-hydrogen) atoms. The summed E-state index contributed by atoms with van der Waals surface area (Å²) in [7, 11) is 1.86. The summed E-state index contributed by atoms with van der Waals surface area (Å²) in [6.07, 6.45) is 0.462. The van der Waals surface area contributed by atoms with Crippen LogP contribution in [0.15, 0.2) is 12.1 Å². The molecule has 1 fully saturated rings. The van der Waals surface area contributed by atoms with E-state index in [1.165, 1.54) is 11.3 Å². The molecule has 3 nitrogen and oxygen atoms in total. The third-order valence-electron chi connectivity index (χ3n) is 2.84. The summed E-state index contributed by atoms with van der Waals surface area (Å²) in [4.78, 5) is 13.1. The summed E-state index contributed by atoms with van der Waals surface area (Å²) in [6.45, 7) is 1.15. The standard InChI is InChI=1S/C11H14ClNO2S/c1-13-9-6-15-5-8(9)10(14)4-7-2-3-11(12)16-7/h2-3,8-9,13H,4-6H2,1H3. The fourth-order valence-electron chi connectivity index (χ4n) is 1.91. The number of carbonyl (C=O) groups is 1. The zero-order valence-electron chi connectivity index (χ0n) is 9.03. The molecule has 2 heterocycles. The highest BCUT2D eigenvalue weighted by atomic mass is 35.5. The average molecular weight is 260 g/mol. The number of carbonyl (C=O) groups excluding carboxylic acids is 1. The van der Waals surface area contributed by atoms with Crippen molar-refractivity contribution >= 4 is 28.7 Å². The second kappa shape index (κ2) is 5.27. The summed E-state index contributed by atoms with van der Waals surface area (Å²) < 4.78 is 6.05. The fourth-order valence-corrected chi connectivity index (χ4v) is 3.00. The van der Waals surface area contributed by atoms with Crippen molar-refractivity contribution in [1.29, 1.82) is 0 Å². The van der Waals surface area contributed by atoms with Gasteiger partial charge in [-0.05, 0) is 19.2 Å². The molecule has 0 spiro atoms. The Labute approximate surface area is 104 Å². The molecule has 1 aliphatic heterocycles. The smallest absolute Gasteiger partial charge is 0.145 e. The highest BCUT2D eigenvalue weighted by molar-refractivity contribution is 7.16. The zero-order valence-corrected chi connectivity index (χ0v) is 10.6. The summed E-state index contributed by atoms with van der Waals surface area (Å²) in [5.41, 5.74) is 0. The predicted octanol–water partition coefficient (Wildman–Crippen LogP) is 1.75. The van der Waals surface area contributed by atoms with Gasteiger partial charge in [-0.25, -0.2) is 0 Å². The number of halogens is 1. The van der Waals surface area contributed by atoms with Gasteiger partial charge in [0.15, 0.2) is 0 Å². The molecule has 1 aromatic rings. The third-order valence-corrected chi connectivity index (χ3v) is 4.07. The minimum Gasteiger partial charge on any atom is -0.379 e. The van der Waals surface area contributed by atoms with E-state index in [-0.39, 0.29) is 17.7 Å². The van der Waals surface area contributed by atoms with Gasteiger partial charge in [0.1, 0.15) is 5.78 Å². The van der Waals surface area contributed by atoms with Crippen LogP contribution in [0.4, 0.5) is 0 Å². The van der Waals surface area contributed by atoms with Gasteiger partial charge in [0.05, 0.1) is 23.5 Å². The molecule has 2 atom stereocenters. The van der Waals surface area contributed by atoms with E-state index >= 15 is 0 Å². The van der Waals surface area contributed by atoms with Gasteiger partial charge in [0.25, 0.3) is 0 Å². The first-order valence-electron chi connectivity index (χ1n) is 5.22. The summed E-state index contributed by atoms with van der Waals surface area (Å²) in [6, 6.07) is 3.90. The number of hydrogen-bond donors (Lipinski definition) is 1. The van der Waals surface area contributed by atoms with E-state index in [0.29, 0.717) is 19.6 Å². The van der Waals surface area contributed by atoms with Crippen molar-refractivity contribution in [3.05, 3.63) is 21.3 Å². The molecule has 0 aliphatic carbocycles. The molecule has 2 rings (SSSR count). The number of rotatable bonds is 4. The first-order chi connectivity index (χ1) is 7.70. The van der Waals surface area contributed by atoms with E-state index in [1.807, 2.05) is 19.2 Å². The van der Waals surface area contributed by atoms with E-state index in [1.54, 1.807) is 0 Å². The predicted molar refractivity (Wildman–Crippen MR) is 65.2 cm³/mol. The fraction of sp³-hybridized carbons (Fsp3) is 0.545. The van der Waals surface area contributed by atoms with E-state index < -0.39 is 0 Å². The number of nitrogens with one attached hydrogen (secondary N) is 1. The lowest BCUT2D eigenvalue weighted by Crippen LogP contribution is -2.37. The van der Waals surface area contributed by atoms with Crippen molar-refractivity contribution in [1.82, 2.24) is 5.32 Å². The Balaban J connectivity index is 1.97. The van der Waals surface area contributed by atoms with Crippen LogP contribution in [0.2, 0.25) is 4.34 Å². The molecular formula is C11H14ClNO2S. The lowest BCUT2D eigenvalue weighted by Gasteiger charge is -2.14. The van der Waals surface area contributed by atoms with Crippen LogP contribution >= 0.6 is 22.9 Å². The maximum absolute atomic E-state index is 12.0. The van der Waals surface area contributed by atoms with E-state index in [2.05, 4.69) is 5.32 Å². The van der Waals surface area contributed by atoms with Gasteiger partial charge in [-0.1, -0.05) is 11.6 Å². The van der Waals surface area contributed by atoms with E-state index in [9.17, 15) is 4.79 Å². The maximum atomic E-state index is 12.0. The van der Waals surface area contributed by atoms with Crippen LogP contribution in [0.5, 0.6) is 0 Å². The first-order valence-corrected chi connectivity index (χ1v) is 6.42. The van der Waals surface area contributed by atoms with Crippen LogP contribution in [0, 0.1) is 5.92 Å². The Morgan fingerprint density at radius 2 is 2.44 bits per heavy atom. The van der Waals surface area contributed by atoms with Crippen LogP contribution < -0.4 is 5.32 Å². The average Bonchev–Trinajstić information content (AvgIpc) is 2.86. The Hall–Kier alpha value is -0.420. The molecular weight excluding hydrogens is 246 g/mol. The number of likely N-dealkylation sites (N-methyl/N-ethyl adjacent to an activating group) is 1. The maximum Gasteiger partial charge on any atom is 0.145 e. The lowest BCUT2D eigenvalue weighted by molar-refractivity contribution is -0.122. The molecule has 0 bridgehead atoms. The van der Waals surface area contributed by atoms with Crippen molar-refractivity contribution in [2.24, 2.45) is 5.92 Å². The number of ether oxygens (including phenoxy) is 1. The number of ketones is 1. The Morgan fingerprint density at radius 3 is 3.06 bits per heavy atom. The zero-order chi connectivity index (χ0) is 11.5. The molecule has 0 aromatic carbocycles. The molecule has 0 amide bonds. The van der Waals surface area contributed by atoms with Crippen molar-refractivity contribution in [2.45, 2.75) is 12.5 Å². The topological polar surface area (TPSA) is 38.3 Å². The van der Waals surface area contributed by atoms with Crippen molar-refractivity contribution in [2.75, 3.05) is 20.3 Å². The van der Waals surface area contributed by atoms with Gasteiger partial charge >= 0.3 is 0 Å². The van der Waals surface area contributed by atoms with Crippen molar-refractivity contribution < 1.29 is 9.53 Å². The normalized spacial score (nSPS) is 24.9. The summed E-state index contributed by atoms with van der Waals surface area (Å²) >= 11 is 7.30. The molecule has 1 aromatic heterocycles. The highest BCUT2D eigenvalue weighted by Crippen LogP contribution is 2.24. The van der Waals surface area contributed by atoms with Gasteiger partial charge in [0, 0.05) is 17.3 Å². The monoisotopic (exact) mass is 259 g/mol. The summed E-state index contributed by atoms with van der Waals surface area (Å²) in [5, 5.41) is 3.12. The lowest BCUT2D eigenvalue weighted by atomic mass is 9.96. The molecule has 88 valence electrons. The Morgan fingerprint density at radius 1 is 1.62 bits per heavy atom. The van der Waals surface area contributed by atoms with E-state index in [0.717, 1.165) is 9.21 Å². The van der Waals surface area contributed by atoms with Crippen molar-refractivity contribution in [3.63, 3.8) is 0 Å². The molecule has 1 N–H and O–H groups in total. The van der Waals surface area contributed by atoms with Gasteiger partial charge in [-0.2, -0.15) is 0 Å². The minimum absolute atomic E-state index is 0.0223. The first kappa shape index (κ1) is 12.0. The molecule has 1 saturated heterocycles. The van der Waals surface area contributed by atoms with E-state index in [4.69, 9.17) is 16.3 Å². The quantitative estimate of drug-likeness (QED) is 0.895. The number of thiophene rings is 1. The third kappa shape index (κ3) is 2.63. The van der Waals surface area contributed by atoms with Crippen LogP contribution in [0.25, 0.3) is 0 Å². The second-order valence-corrected chi connectivity index (χ2v) is 5.69. The second-order valence-electron chi connectivity index (χ2n) is 3.89. The molecule has 5 heteroatoms. The van der Waals surface area contributed by atoms with Gasteiger partial charge in [-0.15, -0.1) is 11.3 Å². The molecule has 2 unspecified atom stereocenters. The van der Waals surface area contributed by atoms with Crippen LogP contribution in [-0.4, -0.2) is 32.1 Å². The number of hydrogen-bond acceptors (Lipinski definition) is 4. The highest BCUT2D eigenvalue weighted by Gasteiger charge is 2.32. The Kier molecular flexibility index (Phi) is 3.97. The van der Waals surface area contributed by atoms with Crippen LogP contribution in [0.3, 0.4) is 0 Å². The van der Waals surface area contributed by atoms with Gasteiger partial charge < -0.3 is 10.1 Å². The summed E-state index contributed by atoms with van der Waals surface area (Å²) in [5.74, 6) is 0.209. The SMILES string of the molecule is CNC1COCC1C(=O)Cc1ccc(Cl)s1. The van der Waals surface area contributed by atoms with Gasteiger partial charge in [-0.3, -0.25) is 4.79 Å². The molecule has 0 saturated carbocycles. The molecule has 1 aliphatic rings. The number of Topliss-reactive ketones (excluding diaryl/α,β-unsaturated/α-hetero) is 1. The van der Waals surface area contributed by atoms with Crippen molar-refractivity contribution in [3.8, 4) is 0 Å². The van der Waals surface area contributed by atoms with Gasteiger partial charge in [0.2, 0.25) is 0 Å². The largest absolute Gasteiger partial charge is 0.379 e. The van der Waals surface area contributed by atoms with Crippen LogP contribution in [-0.2, 0) is 16.0 Å². The molecule has 0 radical (unpaired) electrons.